The molecular weight excluding hydrogens is 299 g/mol. The van der Waals surface area contributed by atoms with E-state index in [1.807, 2.05) is 12.1 Å². The van der Waals surface area contributed by atoms with Gasteiger partial charge in [0.25, 0.3) is 5.91 Å². The third-order valence-corrected chi connectivity index (χ3v) is 4.03. The Morgan fingerprint density at radius 2 is 2.30 bits per heavy atom. The molecular formula is C14H12Cl2N2O2. The zero-order valence-electron chi connectivity index (χ0n) is 10.5. The molecule has 1 heterocycles. The van der Waals surface area contributed by atoms with Gasteiger partial charge >= 0.3 is 0 Å². The summed E-state index contributed by atoms with van der Waals surface area (Å²) in [5.41, 5.74) is 1.09. The smallest absolute Gasteiger partial charge is 0.288 e. The van der Waals surface area contributed by atoms with Gasteiger partial charge in [-0.05, 0) is 36.0 Å². The van der Waals surface area contributed by atoms with Crippen LogP contribution in [0.1, 0.15) is 28.5 Å². The maximum atomic E-state index is 11.7. The summed E-state index contributed by atoms with van der Waals surface area (Å²) in [6, 6.07) is 5.54. The molecule has 20 heavy (non-hydrogen) atoms. The van der Waals surface area contributed by atoms with Gasteiger partial charge in [-0.15, -0.1) is 0 Å². The Kier molecular flexibility index (Phi) is 3.68. The first-order valence-corrected chi connectivity index (χ1v) is 7.02. The van der Waals surface area contributed by atoms with E-state index in [9.17, 15) is 4.79 Å². The molecule has 0 saturated heterocycles. The lowest BCUT2D eigenvalue weighted by Gasteiger charge is -2.05. The Hall–Kier alpha value is -1.52. The van der Waals surface area contributed by atoms with Gasteiger partial charge in [0.1, 0.15) is 0 Å². The molecule has 0 aliphatic heterocycles. The molecule has 1 fully saturated rings. The van der Waals surface area contributed by atoms with Gasteiger partial charge in [-0.3, -0.25) is 4.79 Å². The molecule has 1 aliphatic rings. The van der Waals surface area contributed by atoms with Crippen molar-refractivity contribution in [1.29, 1.82) is 0 Å². The van der Waals surface area contributed by atoms with Gasteiger partial charge in [0.15, 0.2) is 6.39 Å². The van der Waals surface area contributed by atoms with Crippen LogP contribution in [-0.2, 0) is 0 Å². The number of nitrogens with one attached hydrogen (secondary N) is 1. The van der Waals surface area contributed by atoms with Crippen molar-refractivity contribution in [2.24, 2.45) is 5.92 Å². The van der Waals surface area contributed by atoms with E-state index in [0.717, 1.165) is 12.0 Å². The minimum absolute atomic E-state index is 0.228. The fourth-order valence-electron chi connectivity index (χ4n) is 2.30. The summed E-state index contributed by atoms with van der Waals surface area (Å²) < 4.78 is 4.93. The van der Waals surface area contributed by atoms with Crippen LogP contribution in [0.15, 0.2) is 35.2 Å². The highest BCUT2D eigenvalue weighted by atomic mass is 35.5. The van der Waals surface area contributed by atoms with E-state index in [1.165, 1.54) is 12.6 Å². The summed E-state index contributed by atoms with van der Waals surface area (Å²) in [6.07, 6.45) is 3.65. The topological polar surface area (TPSA) is 55.1 Å². The van der Waals surface area contributed by atoms with E-state index in [-0.39, 0.29) is 11.7 Å². The number of carbonyl (C=O) groups excluding carboxylic acids is 1. The van der Waals surface area contributed by atoms with E-state index in [1.54, 1.807) is 6.07 Å². The first kappa shape index (κ1) is 13.5. The molecule has 0 bridgehead atoms. The minimum atomic E-state index is -0.240. The van der Waals surface area contributed by atoms with Crippen molar-refractivity contribution in [3.8, 4) is 0 Å². The van der Waals surface area contributed by atoms with Gasteiger partial charge < -0.3 is 9.73 Å². The lowest BCUT2D eigenvalue weighted by Crippen LogP contribution is -2.25. The van der Waals surface area contributed by atoms with Crippen LogP contribution in [0.2, 0.25) is 10.0 Å². The van der Waals surface area contributed by atoms with Gasteiger partial charge in [0.05, 0.1) is 6.20 Å². The van der Waals surface area contributed by atoms with E-state index in [2.05, 4.69) is 10.3 Å². The van der Waals surface area contributed by atoms with Crippen LogP contribution in [0.4, 0.5) is 0 Å². The average molecular weight is 311 g/mol. The van der Waals surface area contributed by atoms with E-state index in [4.69, 9.17) is 27.6 Å². The van der Waals surface area contributed by atoms with Crippen LogP contribution in [0.5, 0.6) is 0 Å². The second-order valence-electron chi connectivity index (χ2n) is 4.84. The summed E-state index contributed by atoms with van der Waals surface area (Å²) in [5.74, 6) is 0.775. The summed E-state index contributed by atoms with van der Waals surface area (Å²) in [5, 5.41) is 4.16. The van der Waals surface area contributed by atoms with Crippen LogP contribution >= 0.6 is 23.2 Å². The van der Waals surface area contributed by atoms with Crippen molar-refractivity contribution >= 4 is 29.1 Å². The molecule has 1 saturated carbocycles. The summed E-state index contributed by atoms with van der Waals surface area (Å²) in [4.78, 5) is 15.4. The fourth-order valence-corrected chi connectivity index (χ4v) is 2.84. The number of halogens is 2. The molecule has 3 rings (SSSR count). The average Bonchev–Trinajstić information content (AvgIpc) is 2.97. The van der Waals surface area contributed by atoms with Crippen molar-refractivity contribution in [2.45, 2.75) is 12.3 Å². The second kappa shape index (κ2) is 5.46. The predicted molar refractivity (Wildman–Crippen MR) is 76.1 cm³/mol. The van der Waals surface area contributed by atoms with Gasteiger partial charge in [0.2, 0.25) is 5.76 Å². The van der Waals surface area contributed by atoms with Crippen molar-refractivity contribution in [3.63, 3.8) is 0 Å². The number of rotatable bonds is 4. The molecule has 6 heteroatoms. The van der Waals surface area contributed by atoms with Crippen molar-refractivity contribution in [1.82, 2.24) is 10.3 Å². The molecule has 2 atom stereocenters. The predicted octanol–water partition coefficient (Wildman–Crippen LogP) is 3.51. The molecule has 1 N–H and O–H groups in total. The van der Waals surface area contributed by atoms with Crippen molar-refractivity contribution in [3.05, 3.63) is 52.2 Å². The highest BCUT2D eigenvalue weighted by Crippen LogP contribution is 2.49. The zero-order chi connectivity index (χ0) is 14.1. The molecule has 2 aromatic rings. The Labute approximate surface area is 126 Å². The number of benzene rings is 1. The molecule has 1 aromatic carbocycles. The van der Waals surface area contributed by atoms with Gasteiger partial charge in [-0.25, -0.2) is 4.98 Å². The number of hydrogen-bond acceptors (Lipinski definition) is 3. The number of aromatic nitrogens is 1. The Bertz CT molecular complexity index is 628. The number of amides is 1. The van der Waals surface area contributed by atoms with E-state index in [0.29, 0.717) is 28.4 Å². The normalized spacial score (nSPS) is 20.7. The maximum absolute atomic E-state index is 11.7. The Morgan fingerprint density at radius 1 is 1.45 bits per heavy atom. The summed E-state index contributed by atoms with van der Waals surface area (Å²) in [7, 11) is 0. The molecule has 0 unspecified atom stereocenters. The number of oxazole rings is 1. The minimum Gasteiger partial charge on any atom is -0.438 e. The lowest BCUT2D eigenvalue weighted by atomic mass is 10.1. The van der Waals surface area contributed by atoms with Gasteiger partial charge in [0, 0.05) is 16.6 Å². The lowest BCUT2D eigenvalue weighted by molar-refractivity contribution is 0.0924. The second-order valence-corrected chi connectivity index (χ2v) is 5.69. The number of nitrogens with zero attached hydrogens (tertiary/aromatic N) is 1. The van der Waals surface area contributed by atoms with Crippen molar-refractivity contribution in [2.75, 3.05) is 6.54 Å². The van der Waals surface area contributed by atoms with E-state index < -0.39 is 0 Å². The molecule has 104 valence electrons. The Balaban J connectivity index is 1.56. The standard InChI is InChI=1S/C14H12Cl2N2O2/c15-9-1-2-10(12(16)4-9)11-3-8(11)5-18-14(19)13-6-17-7-20-13/h1-2,4,6-8,11H,3,5H2,(H,18,19)/t8-,11+/m0/s1. The molecule has 4 nitrogen and oxygen atoms in total. The quantitative estimate of drug-likeness (QED) is 0.940. The van der Waals surface area contributed by atoms with Gasteiger partial charge in [-0.1, -0.05) is 29.3 Å². The highest BCUT2D eigenvalue weighted by Gasteiger charge is 2.39. The van der Waals surface area contributed by atoms with Crippen LogP contribution in [0.3, 0.4) is 0 Å². The maximum Gasteiger partial charge on any atom is 0.288 e. The van der Waals surface area contributed by atoms with Crippen LogP contribution in [0.25, 0.3) is 0 Å². The van der Waals surface area contributed by atoms with Crippen LogP contribution in [-0.4, -0.2) is 17.4 Å². The third kappa shape index (κ3) is 2.81. The first-order valence-electron chi connectivity index (χ1n) is 6.27. The summed E-state index contributed by atoms with van der Waals surface area (Å²) >= 11 is 12.1. The largest absolute Gasteiger partial charge is 0.438 e. The summed E-state index contributed by atoms with van der Waals surface area (Å²) in [6.45, 7) is 0.600. The van der Waals surface area contributed by atoms with Crippen molar-refractivity contribution < 1.29 is 9.21 Å². The monoisotopic (exact) mass is 310 g/mol. The Morgan fingerprint density at radius 3 is 3.00 bits per heavy atom. The number of hydrogen-bond donors (Lipinski definition) is 1. The zero-order valence-corrected chi connectivity index (χ0v) is 12.0. The molecule has 1 aromatic heterocycles. The van der Waals surface area contributed by atoms with Gasteiger partial charge in [-0.2, -0.15) is 0 Å². The fraction of sp³-hybridized carbons (Fsp3) is 0.286. The van der Waals surface area contributed by atoms with E-state index >= 15 is 0 Å². The SMILES string of the molecule is O=C(NC[C@@H]1C[C@H]1c1ccc(Cl)cc1Cl)c1cnco1. The molecule has 0 radical (unpaired) electrons. The highest BCUT2D eigenvalue weighted by molar-refractivity contribution is 6.35. The molecule has 0 spiro atoms. The molecule has 1 aliphatic carbocycles. The van der Waals surface area contributed by atoms with Crippen LogP contribution < -0.4 is 5.32 Å². The first-order chi connectivity index (χ1) is 9.65. The molecule has 1 amide bonds. The number of carbonyl (C=O) groups is 1. The third-order valence-electron chi connectivity index (χ3n) is 3.47. The van der Waals surface area contributed by atoms with Crippen LogP contribution in [0, 0.1) is 5.92 Å².